The maximum atomic E-state index is 15.2. The number of aryl methyl sites for hydroxylation is 1. The number of hydrogen-bond donors (Lipinski definition) is 0. The number of carbonyl (C=O) groups is 8. The van der Waals surface area contributed by atoms with Crippen LogP contribution in [0.25, 0.3) is 63.4 Å². The van der Waals surface area contributed by atoms with Crippen LogP contribution >= 0.6 is 22.7 Å². The molecule has 11 rings (SSSR count). The minimum absolute atomic E-state index is 0.214. The Morgan fingerprint density at radius 3 is 0.926 bits per heavy atom. The van der Waals surface area contributed by atoms with Crippen LogP contribution in [0, 0.1) is 0 Å². The Morgan fingerprint density at radius 1 is 0.321 bits per heavy atom. The molecule has 0 saturated heterocycles. The smallest absolute Gasteiger partial charge is 0.262 e. The predicted molar refractivity (Wildman–Crippen MR) is 319 cm³/mol. The van der Waals surface area contributed by atoms with E-state index in [9.17, 15) is 28.8 Å². The van der Waals surface area contributed by atoms with Gasteiger partial charge in [0.25, 0.3) is 47.3 Å². The van der Waals surface area contributed by atoms with Gasteiger partial charge in [-0.2, -0.15) is 0 Å². The topological polar surface area (TPSA) is 180 Å². The molecule has 7 aromatic rings. The highest BCUT2D eigenvalue weighted by Crippen LogP contribution is 2.49. The van der Waals surface area contributed by atoms with Crippen LogP contribution in [-0.4, -0.2) is 108 Å². The van der Waals surface area contributed by atoms with Crippen molar-refractivity contribution in [3.8, 4) is 21.1 Å². The van der Waals surface area contributed by atoms with Crippen molar-refractivity contribution in [3.05, 3.63) is 80.9 Å². The summed E-state index contributed by atoms with van der Waals surface area (Å²) in [5.74, 6) is -3.73. The van der Waals surface area contributed by atoms with Gasteiger partial charge in [-0.15, -0.1) is 22.7 Å². The zero-order chi connectivity index (χ0) is 56.8. The maximum Gasteiger partial charge on any atom is 0.262 e. The van der Waals surface area contributed by atoms with Crippen LogP contribution in [0.1, 0.15) is 246 Å². The Kier molecular flexibility index (Phi) is 16.2. The van der Waals surface area contributed by atoms with Gasteiger partial charge in [-0.3, -0.25) is 58.0 Å². The molecule has 0 spiro atoms. The Balaban J connectivity index is 1.11. The summed E-state index contributed by atoms with van der Waals surface area (Å²) < 4.78 is 3.62. The van der Waals surface area contributed by atoms with Gasteiger partial charge in [0.15, 0.2) is 11.3 Å². The molecule has 17 heteroatoms. The minimum Gasteiger partial charge on any atom is -0.308 e. The third-order valence-corrected chi connectivity index (χ3v) is 19.2. The number of imide groups is 4. The summed E-state index contributed by atoms with van der Waals surface area (Å²) in [4.78, 5) is 133. The molecule has 4 aromatic carbocycles. The summed E-state index contributed by atoms with van der Waals surface area (Å²) in [7, 11) is 0. The molecule has 7 heterocycles. The highest BCUT2D eigenvalue weighted by molar-refractivity contribution is 7.29. The van der Waals surface area contributed by atoms with Gasteiger partial charge >= 0.3 is 0 Å². The number of hydrogen-bond acceptors (Lipinski definition) is 12. The van der Waals surface area contributed by atoms with Crippen LogP contribution in [0.15, 0.2) is 36.4 Å². The lowest BCUT2D eigenvalue weighted by Crippen LogP contribution is -2.44. The van der Waals surface area contributed by atoms with Crippen molar-refractivity contribution >= 4 is 112 Å². The number of fused-ring (bicyclic) bond motifs is 3. The molecule has 8 amide bonds. The van der Waals surface area contributed by atoms with Crippen molar-refractivity contribution in [1.82, 2.24) is 34.1 Å². The Labute approximate surface area is 480 Å². The predicted octanol–water partition coefficient (Wildman–Crippen LogP) is 14.6. The SMILES string of the molecule is CCCCCCN1C(=O)c2ccc3c4c(c(-c5nc6c(s5)c5sc(-c7cc8c9c(ccc%10c9c7C(=O)N(CCCCCC)C%10=O)C(=O)N(CCCCCC)C8=O)nc5n6CCCCCC)cc(c24)C1=O)C(=O)N(CCCCCC)C3=O. The number of aromatic nitrogens is 3. The van der Waals surface area contributed by atoms with Crippen LogP contribution in [0.4, 0.5) is 0 Å². The lowest BCUT2D eigenvalue weighted by Gasteiger charge is -2.33. The van der Waals surface area contributed by atoms with E-state index in [1.54, 1.807) is 36.4 Å². The normalized spacial score (nSPS) is 15.1. The molecule has 0 atom stereocenters. The number of amides is 8. The van der Waals surface area contributed by atoms with Crippen LogP contribution < -0.4 is 0 Å². The number of unbranched alkanes of at least 4 members (excludes halogenated alkanes) is 15. The van der Waals surface area contributed by atoms with Crippen molar-refractivity contribution in [2.75, 3.05) is 26.2 Å². The van der Waals surface area contributed by atoms with E-state index >= 15 is 9.59 Å². The van der Waals surface area contributed by atoms with Gasteiger partial charge in [0.1, 0.15) is 10.0 Å². The average molecular weight is 1130 g/mol. The van der Waals surface area contributed by atoms with Gasteiger partial charge in [0.2, 0.25) is 0 Å². The van der Waals surface area contributed by atoms with Crippen LogP contribution in [0.2, 0.25) is 0 Å². The van der Waals surface area contributed by atoms with Crippen molar-refractivity contribution in [2.45, 2.75) is 170 Å². The first kappa shape index (κ1) is 55.9. The molecular formula is C64H71N7O8S2. The van der Waals surface area contributed by atoms with Crippen LogP contribution in [0.3, 0.4) is 0 Å². The second-order valence-electron chi connectivity index (χ2n) is 22.4. The number of carbonyl (C=O) groups excluding carboxylic acids is 8. The number of nitrogens with zero attached hydrogens (tertiary/aromatic N) is 7. The Morgan fingerprint density at radius 2 is 0.605 bits per heavy atom. The molecule has 4 aliphatic rings. The van der Waals surface area contributed by atoms with E-state index in [0.29, 0.717) is 86.2 Å². The van der Waals surface area contributed by atoms with E-state index in [1.807, 2.05) is 0 Å². The first-order chi connectivity index (χ1) is 39.4. The number of rotatable bonds is 27. The van der Waals surface area contributed by atoms with Gasteiger partial charge in [0.05, 0.1) is 20.5 Å². The van der Waals surface area contributed by atoms with Gasteiger partial charge < -0.3 is 4.57 Å². The fourth-order valence-electron chi connectivity index (χ4n) is 12.6. The summed E-state index contributed by atoms with van der Waals surface area (Å²) in [6.45, 7) is 12.0. The lowest BCUT2D eigenvalue weighted by atomic mass is 9.83. The van der Waals surface area contributed by atoms with Crippen LogP contribution in [-0.2, 0) is 6.54 Å². The highest BCUT2D eigenvalue weighted by Gasteiger charge is 2.44. The molecule has 0 N–H and O–H groups in total. The molecule has 15 nitrogen and oxygen atoms in total. The largest absolute Gasteiger partial charge is 0.308 e. The molecule has 0 saturated carbocycles. The zero-order valence-electron chi connectivity index (χ0n) is 47.4. The minimum atomic E-state index is -0.493. The number of benzene rings is 4. The van der Waals surface area contributed by atoms with Gasteiger partial charge in [-0.05, 0) is 68.5 Å². The van der Waals surface area contributed by atoms with E-state index in [0.717, 1.165) is 112 Å². The number of thiazole rings is 2. The summed E-state index contributed by atoms with van der Waals surface area (Å²) in [5.41, 5.74) is 4.13. The Bertz CT molecular complexity index is 3540. The van der Waals surface area contributed by atoms with Crippen molar-refractivity contribution in [2.24, 2.45) is 0 Å². The van der Waals surface area contributed by atoms with Gasteiger partial charge in [0, 0.05) is 98.8 Å². The molecule has 422 valence electrons. The van der Waals surface area contributed by atoms with E-state index in [-0.39, 0.29) is 70.7 Å². The average Bonchev–Trinajstić information content (AvgIpc) is 4.13. The quantitative estimate of drug-likeness (QED) is 0.0355. The fourth-order valence-corrected chi connectivity index (χ4v) is 14.9. The molecule has 0 aliphatic carbocycles. The molecule has 0 unspecified atom stereocenters. The molecule has 0 bridgehead atoms. The standard InChI is InChI=1S/C64H71N7O8S2/c1-6-11-16-21-30-67-53-51(80-55(65-53)41-35-43-45-37(57(72)68(61(43)76)31-22-17-12-7-2)26-28-39-47(45)49(41)63(78)70(59(39)74)33-24-19-14-9-4)52-54(67)66-56(81-52)42-36-44-46-38(58(73)69(62(44)77)32-23-18-13-8-3)27-29-40-48(46)50(42)64(79)71(60(40)75)34-25-20-15-10-5/h26-29,35-36H,6-25,30-34H2,1-5H3. The summed E-state index contributed by atoms with van der Waals surface area (Å²) >= 11 is 2.71. The molecule has 0 radical (unpaired) electrons. The summed E-state index contributed by atoms with van der Waals surface area (Å²) in [6.07, 6.45) is 17.5. The molecule has 81 heavy (non-hydrogen) atoms. The third-order valence-electron chi connectivity index (χ3n) is 16.9. The monoisotopic (exact) mass is 1130 g/mol. The fraction of sp³-hybridized carbons (Fsp3) is 0.469. The molecule has 3 aromatic heterocycles. The van der Waals surface area contributed by atoms with Crippen LogP contribution in [0.5, 0.6) is 0 Å². The third kappa shape index (κ3) is 9.49. The second-order valence-corrected chi connectivity index (χ2v) is 24.4. The Hall–Kier alpha value is -6.98. The van der Waals surface area contributed by atoms with E-state index in [1.165, 1.54) is 42.3 Å². The van der Waals surface area contributed by atoms with Crippen molar-refractivity contribution in [3.63, 3.8) is 0 Å². The maximum absolute atomic E-state index is 15.2. The summed E-state index contributed by atoms with van der Waals surface area (Å²) in [5, 5.41) is 2.16. The van der Waals surface area contributed by atoms with E-state index in [4.69, 9.17) is 9.97 Å². The molecular weight excluding hydrogens is 1060 g/mol. The highest BCUT2D eigenvalue weighted by atomic mass is 32.1. The zero-order valence-corrected chi connectivity index (χ0v) is 49.0. The molecule has 4 aliphatic heterocycles. The van der Waals surface area contributed by atoms with E-state index in [2.05, 4.69) is 39.2 Å². The van der Waals surface area contributed by atoms with Crippen molar-refractivity contribution < 1.29 is 38.4 Å². The van der Waals surface area contributed by atoms with Gasteiger partial charge in [-0.1, -0.05) is 131 Å². The molecule has 0 fully saturated rings. The van der Waals surface area contributed by atoms with E-state index < -0.39 is 47.3 Å². The van der Waals surface area contributed by atoms with Gasteiger partial charge in [-0.25, -0.2) is 9.97 Å². The first-order valence-electron chi connectivity index (χ1n) is 29.9. The first-order valence-corrected chi connectivity index (χ1v) is 31.6. The lowest BCUT2D eigenvalue weighted by molar-refractivity contribution is 0.0586. The summed E-state index contributed by atoms with van der Waals surface area (Å²) in [6, 6.07) is 9.97. The van der Waals surface area contributed by atoms with Crippen molar-refractivity contribution in [1.29, 1.82) is 0 Å². The second kappa shape index (κ2) is 23.5.